The monoisotopic (exact) mass is 492 g/mol. The van der Waals surface area contributed by atoms with Gasteiger partial charge in [0.15, 0.2) is 6.23 Å². The molecule has 0 aromatic carbocycles. The van der Waals surface area contributed by atoms with Crippen LogP contribution >= 0.6 is 22.4 Å². The van der Waals surface area contributed by atoms with E-state index in [1.807, 2.05) is 4.98 Å². The van der Waals surface area contributed by atoms with Gasteiger partial charge in [-0.25, -0.2) is 18.2 Å². The van der Waals surface area contributed by atoms with Gasteiger partial charge in [0, 0.05) is 12.3 Å². The summed E-state index contributed by atoms with van der Waals surface area (Å²) in [5, 5.41) is 0. The molecule has 1 aromatic heterocycles. The van der Waals surface area contributed by atoms with Gasteiger partial charge in [-0.1, -0.05) is 5.92 Å². The van der Waals surface area contributed by atoms with Crippen molar-refractivity contribution in [3.05, 3.63) is 33.1 Å². The zero-order valence-corrected chi connectivity index (χ0v) is 17.6. The molecular formula is C11H15N2O12P3S. The first-order valence-corrected chi connectivity index (χ1v) is 13.0. The fraction of sp³-hybridized carbons (Fsp3) is 0.455. The highest BCUT2D eigenvalue weighted by molar-refractivity contribution is 8.08. The quantitative estimate of drug-likeness (QED) is 0.230. The SMILES string of the molecule is C#C[C@H]1C[C@@H](COP(O)(=S)OP(=O)(O)OP(=O)(O)O)O[C@H]1n1ccc(=O)[nH]c1=O. The lowest BCUT2D eigenvalue weighted by Gasteiger charge is -2.21. The van der Waals surface area contributed by atoms with Crippen molar-refractivity contribution >= 4 is 34.2 Å². The summed E-state index contributed by atoms with van der Waals surface area (Å²) in [6, 6.07) is 1.09. The lowest BCUT2D eigenvalue weighted by Crippen LogP contribution is -2.33. The number of nitrogens with one attached hydrogen (secondary N) is 1. The molecule has 0 bridgehead atoms. The minimum Gasteiger partial charge on any atom is -0.351 e. The third kappa shape index (κ3) is 7.34. The van der Waals surface area contributed by atoms with Crippen LogP contribution in [-0.2, 0) is 38.8 Å². The number of hydrogen-bond acceptors (Lipinski definition) is 9. The Morgan fingerprint density at radius 3 is 2.52 bits per heavy atom. The van der Waals surface area contributed by atoms with E-state index < -0.39 is 58.5 Å². The van der Waals surface area contributed by atoms with E-state index in [0.717, 1.165) is 10.6 Å². The Hall–Kier alpha value is -0.970. The number of ether oxygens (including phenoxy) is 1. The first-order chi connectivity index (χ1) is 13.2. The zero-order chi connectivity index (χ0) is 22.0. The van der Waals surface area contributed by atoms with Crippen molar-refractivity contribution in [1.29, 1.82) is 0 Å². The minimum atomic E-state index is -5.43. The normalized spacial score (nSPS) is 26.4. The average molecular weight is 492 g/mol. The molecule has 1 aromatic rings. The van der Waals surface area contributed by atoms with E-state index >= 15 is 0 Å². The molecule has 162 valence electrons. The van der Waals surface area contributed by atoms with Crippen LogP contribution in [0.1, 0.15) is 12.6 Å². The topological polar surface area (TPSA) is 207 Å². The summed E-state index contributed by atoms with van der Waals surface area (Å²) in [7, 11) is -10.8. The number of H-pyrrole nitrogens is 1. The van der Waals surface area contributed by atoms with Crippen LogP contribution in [0.15, 0.2) is 21.9 Å². The van der Waals surface area contributed by atoms with Crippen molar-refractivity contribution < 1.29 is 46.6 Å². The smallest absolute Gasteiger partial charge is 0.351 e. The minimum absolute atomic E-state index is 0.123. The van der Waals surface area contributed by atoms with Gasteiger partial charge in [-0.05, 0) is 18.2 Å². The molecule has 1 aliphatic rings. The van der Waals surface area contributed by atoms with Gasteiger partial charge >= 0.3 is 28.1 Å². The molecule has 1 saturated heterocycles. The Kier molecular flexibility index (Phi) is 7.57. The first-order valence-electron chi connectivity index (χ1n) is 7.43. The number of terminal acetylenes is 1. The van der Waals surface area contributed by atoms with Gasteiger partial charge in [0.1, 0.15) is 0 Å². The largest absolute Gasteiger partial charge is 0.488 e. The van der Waals surface area contributed by atoms with Gasteiger partial charge in [-0.15, -0.1) is 6.42 Å². The number of aromatic amines is 1. The van der Waals surface area contributed by atoms with Crippen LogP contribution < -0.4 is 11.2 Å². The third-order valence-corrected chi connectivity index (χ3v) is 8.09. The lowest BCUT2D eigenvalue weighted by molar-refractivity contribution is -0.0277. The van der Waals surface area contributed by atoms with Gasteiger partial charge in [0.2, 0.25) is 0 Å². The van der Waals surface area contributed by atoms with Crippen molar-refractivity contribution in [3.63, 3.8) is 0 Å². The first kappa shape index (κ1) is 24.3. The van der Waals surface area contributed by atoms with Crippen LogP contribution in [0.4, 0.5) is 0 Å². The van der Waals surface area contributed by atoms with E-state index in [4.69, 9.17) is 25.5 Å². The summed E-state index contributed by atoms with van der Waals surface area (Å²) in [5.74, 6) is 1.78. The maximum Gasteiger partial charge on any atom is 0.488 e. The maximum atomic E-state index is 11.9. The Labute approximate surface area is 167 Å². The van der Waals surface area contributed by atoms with Gasteiger partial charge in [-0.3, -0.25) is 14.3 Å². The summed E-state index contributed by atoms with van der Waals surface area (Å²) in [5.41, 5.74) is -1.39. The Morgan fingerprint density at radius 2 is 1.97 bits per heavy atom. The number of phosphoric acid groups is 2. The number of hydrogen-bond donors (Lipinski definition) is 5. The van der Waals surface area contributed by atoms with Gasteiger partial charge < -0.3 is 28.8 Å². The van der Waals surface area contributed by atoms with Crippen molar-refractivity contribution in [2.24, 2.45) is 5.92 Å². The second-order valence-electron chi connectivity index (χ2n) is 5.56. The molecule has 2 heterocycles. The molecule has 1 aliphatic heterocycles. The molecule has 1 fully saturated rings. The van der Waals surface area contributed by atoms with E-state index in [-0.39, 0.29) is 6.42 Å². The van der Waals surface area contributed by atoms with E-state index in [9.17, 15) is 28.5 Å². The highest BCUT2D eigenvalue weighted by Crippen LogP contribution is 2.66. The van der Waals surface area contributed by atoms with Crippen LogP contribution in [0.2, 0.25) is 0 Å². The summed E-state index contributed by atoms with van der Waals surface area (Å²) < 4.78 is 41.2. The summed E-state index contributed by atoms with van der Waals surface area (Å²) >= 11 is 4.50. The second kappa shape index (κ2) is 9.03. The second-order valence-corrected chi connectivity index (χ2v) is 11.4. The molecule has 0 spiro atoms. The van der Waals surface area contributed by atoms with Crippen LogP contribution in [0, 0.1) is 18.3 Å². The molecular weight excluding hydrogens is 477 g/mol. The van der Waals surface area contributed by atoms with Gasteiger partial charge in [-0.2, -0.15) is 4.31 Å². The fourth-order valence-corrected chi connectivity index (χ4v) is 6.36. The summed E-state index contributed by atoms with van der Waals surface area (Å²) in [6.45, 7) is -4.99. The summed E-state index contributed by atoms with van der Waals surface area (Å²) in [6.07, 6.45) is 4.90. The lowest BCUT2D eigenvalue weighted by atomic mass is 10.0. The molecule has 2 unspecified atom stereocenters. The van der Waals surface area contributed by atoms with Gasteiger partial charge in [0.05, 0.1) is 18.6 Å². The molecule has 5 atom stereocenters. The standard InChI is InChI=1S/C11H15N2O12P3S/c1-2-7-5-8(23-10(7)13-4-3-9(14)12-11(13)15)6-22-28(21,29)25-27(19,20)24-26(16,17)18/h1,3-4,7-8,10H,5-6H2,(H,19,20)(H,21,29)(H,12,14,15)(H2,16,17,18)/t7-,8-,10+,28?/m0/s1. The molecule has 0 amide bonds. The maximum absolute atomic E-state index is 11.9. The highest BCUT2D eigenvalue weighted by Gasteiger charge is 2.40. The van der Waals surface area contributed by atoms with Crippen molar-refractivity contribution in [2.45, 2.75) is 18.8 Å². The predicted molar refractivity (Wildman–Crippen MR) is 98.7 cm³/mol. The van der Waals surface area contributed by atoms with Crippen molar-refractivity contribution in [2.75, 3.05) is 6.61 Å². The molecule has 18 heteroatoms. The van der Waals surface area contributed by atoms with Crippen LogP contribution in [0.25, 0.3) is 0 Å². The number of rotatable bonds is 8. The molecule has 0 aliphatic carbocycles. The van der Waals surface area contributed by atoms with Gasteiger partial charge in [0.25, 0.3) is 5.56 Å². The van der Waals surface area contributed by atoms with Crippen molar-refractivity contribution in [1.82, 2.24) is 9.55 Å². The van der Waals surface area contributed by atoms with E-state index in [2.05, 4.69) is 26.3 Å². The van der Waals surface area contributed by atoms with Crippen LogP contribution in [0.3, 0.4) is 0 Å². The third-order valence-electron chi connectivity index (χ3n) is 3.37. The number of aromatic nitrogens is 2. The fourth-order valence-electron chi connectivity index (χ4n) is 2.37. The average Bonchev–Trinajstić information content (AvgIpc) is 2.92. The highest BCUT2D eigenvalue weighted by atomic mass is 32.5. The molecule has 5 N–H and O–H groups in total. The van der Waals surface area contributed by atoms with Crippen LogP contribution in [-0.4, -0.2) is 41.8 Å². The zero-order valence-electron chi connectivity index (χ0n) is 14.1. The molecule has 0 radical (unpaired) electrons. The van der Waals surface area contributed by atoms with Crippen molar-refractivity contribution in [3.8, 4) is 12.3 Å². The Balaban J connectivity index is 2.04. The Bertz CT molecular complexity index is 1060. The van der Waals surface area contributed by atoms with Crippen LogP contribution in [0.5, 0.6) is 0 Å². The Morgan fingerprint density at radius 1 is 1.31 bits per heavy atom. The summed E-state index contributed by atoms with van der Waals surface area (Å²) in [4.78, 5) is 61.2. The predicted octanol–water partition coefficient (Wildman–Crippen LogP) is -0.467. The molecule has 14 nitrogen and oxygen atoms in total. The van der Waals surface area contributed by atoms with E-state index in [1.165, 1.54) is 6.20 Å². The molecule has 29 heavy (non-hydrogen) atoms. The number of nitrogens with zero attached hydrogens (tertiary/aromatic N) is 1. The van der Waals surface area contributed by atoms with E-state index in [1.54, 1.807) is 0 Å². The van der Waals surface area contributed by atoms with E-state index in [0.29, 0.717) is 0 Å². The molecule has 0 saturated carbocycles. The molecule has 2 rings (SSSR count).